The average Bonchev–Trinajstić information content (AvgIpc) is 3.54. The molecule has 0 bridgehead atoms. The van der Waals surface area contributed by atoms with Crippen LogP contribution in [0.25, 0.3) is 0 Å². The van der Waals surface area contributed by atoms with Crippen molar-refractivity contribution in [3.05, 3.63) is 46.8 Å². The van der Waals surface area contributed by atoms with Crippen LogP contribution in [0.1, 0.15) is 73.1 Å². The van der Waals surface area contributed by atoms with E-state index in [4.69, 9.17) is 0 Å². The van der Waals surface area contributed by atoms with Gasteiger partial charge in [0.05, 0.1) is 5.56 Å². The van der Waals surface area contributed by atoms with Crippen molar-refractivity contribution in [3.63, 3.8) is 0 Å². The first-order chi connectivity index (χ1) is 18.1. The molecule has 38 heavy (non-hydrogen) atoms. The fourth-order valence-electron chi connectivity index (χ4n) is 7.04. The van der Waals surface area contributed by atoms with Crippen LogP contribution in [0.2, 0.25) is 0 Å². The Morgan fingerprint density at radius 2 is 1.55 bits per heavy atom. The molecule has 0 unspecified atom stereocenters. The molecule has 0 radical (unpaired) electrons. The fourth-order valence-corrected chi connectivity index (χ4v) is 7.04. The lowest BCUT2D eigenvalue weighted by atomic mass is 9.57. The number of H-pyrrole nitrogens is 1. The predicted octanol–water partition coefficient (Wildman–Crippen LogP) is 4.74. The van der Waals surface area contributed by atoms with Crippen molar-refractivity contribution < 1.29 is 22.4 Å². The number of likely N-dealkylation sites (tertiary alicyclic amines) is 3. The number of carbonyl (C=O) groups excluding carboxylic acids is 1. The second-order valence-electron chi connectivity index (χ2n) is 12.5. The van der Waals surface area contributed by atoms with E-state index in [-0.39, 0.29) is 22.4 Å². The van der Waals surface area contributed by atoms with E-state index in [9.17, 15) is 22.4 Å². The van der Waals surface area contributed by atoms with Crippen LogP contribution in [0.3, 0.4) is 0 Å². The van der Waals surface area contributed by atoms with Gasteiger partial charge in [-0.2, -0.15) is 13.2 Å². The van der Waals surface area contributed by atoms with Gasteiger partial charge >= 0.3 is 12.2 Å². The number of aromatic amines is 1. The summed E-state index contributed by atoms with van der Waals surface area (Å²) in [5, 5.41) is 8.67. The molecular weight excluding hydrogens is 500 g/mol. The Kier molecular flexibility index (Phi) is 5.39. The molecule has 2 amide bonds. The van der Waals surface area contributed by atoms with Crippen LogP contribution in [-0.2, 0) is 12.7 Å². The Morgan fingerprint density at radius 1 is 0.947 bits per heavy atom. The van der Waals surface area contributed by atoms with Crippen molar-refractivity contribution >= 4 is 6.03 Å². The maximum absolute atomic E-state index is 14.3. The molecule has 0 atom stereocenters. The number of rotatable bonds is 4. The molecule has 2 aliphatic carbocycles. The minimum absolute atomic E-state index is 0.112. The number of piperidine rings is 1. The van der Waals surface area contributed by atoms with Gasteiger partial charge < -0.3 is 14.8 Å². The number of alkyl halides is 3. The molecule has 7 rings (SSSR count). The van der Waals surface area contributed by atoms with E-state index in [0.717, 1.165) is 82.7 Å². The van der Waals surface area contributed by atoms with Gasteiger partial charge in [-0.05, 0) is 63.7 Å². The minimum atomic E-state index is -4.54. The molecule has 1 N–H and O–H groups in total. The minimum Gasteiger partial charge on any atom is -0.328 e. The highest BCUT2D eigenvalue weighted by Gasteiger charge is 2.57. The van der Waals surface area contributed by atoms with Crippen LogP contribution in [0.15, 0.2) is 18.2 Å². The van der Waals surface area contributed by atoms with E-state index >= 15 is 0 Å². The summed E-state index contributed by atoms with van der Waals surface area (Å²) in [6, 6.07) is 2.91. The van der Waals surface area contributed by atoms with E-state index in [1.54, 1.807) is 0 Å². The molecule has 2 aromatic rings. The second kappa shape index (κ2) is 8.40. The number of hydrogen-bond acceptors (Lipinski definition) is 4. The van der Waals surface area contributed by atoms with Crippen LogP contribution in [-0.4, -0.2) is 75.2 Å². The van der Waals surface area contributed by atoms with Gasteiger partial charge in [-0.15, -0.1) is 10.2 Å². The van der Waals surface area contributed by atoms with Gasteiger partial charge in [-0.1, -0.05) is 6.07 Å². The quantitative estimate of drug-likeness (QED) is 0.578. The Bertz CT molecular complexity index is 1230. The van der Waals surface area contributed by atoms with Crippen LogP contribution in [0.5, 0.6) is 0 Å². The number of hydrogen-bond donors (Lipinski definition) is 1. The number of urea groups is 1. The summed E-state index contributed by atoms with van der Waals surface area (Å²) >= 11 is 0. The largest absolute Gasteiger partial charge is 0.416 e. The van der Waals surface area contributed by atoms with E-state index in [1.165, 1.54) is 18.9 Å². The number of amides is 2. The van der Waals surface area contributed by atoms with Gasteiger partial charge in [-0.3, -0.25) is 4.90 Å². The van der Waals surface area contributed by atoms with Crippen LogP contribution in [0.4, 0.5) is 22.4 Å². The summed E-state index contributed by atoms with van der Waals surface area (Å²) in [5.41, 5.74) is -0.316. The van der Waals surface area contributed by atoms with Gasteiger partial charge in [0, 0.05) is 61.0 Å². The smallest absolute Gasteiger partial charge is 0.328 e. The van der Waals surface area contributed by atoms with Crippen LogP contribution in [0, 0.1) is 16.6 Å². The number of nitrogens with one attached hydrogen (secondary N) is 1. The number of nitrogens with zero attached hydrogens (tertiary/aromatic N) is 5. The Morgan fingerprint density at radius 3 is 2.13 bits per heavy atom. The molecule has 11 heteroatoms. The van der Waals surface area contributed by atoms with E-state index in [1.807, 2.05) is 9.80 Å². The topological polar surface area (TPSA) is 68.4 Å². The van der Waals surface area contributed by atoms with Gasteiger partial charge in [-0.25, -0.2) is 9.18 Å². The SMILES string of the molecule is O=C(N1CC2(CCN(Cc3ccc(C(F)(F)F)cc3F)CC2)C1)N1CC2(CC(c3nnc(C4CC4)[nH]3)C2)C1. The summed E-state index contributed by atoms with van der Waals surface area (Å²) in [6.45, 7) is 4.95. The summed E-state index contributed by atoms with van der Waals surface area (Å²) in [7, 11) is 0. The third kappa shape index (κ3) is 4.26. The zero-order chi connectivity index (χ0) is 26.3. The summed E-state index contributed by atoms with van der Waals surface area (Å²) < 4.78 is 52.7. The molecule has 7 nitrogen and oxygen atoms in total. The molecule has 2 spiro atoms. The molecule has 3 saturated heterocycles. The van der Waals surface area contributed by atoms with Gasteiger partial charge in [0.25, 0.3) is 0 Å². The third-order valence-corrected chi connectivity index (χ3v) is 9.57. The van der Waals surface area contributed by atoms with Crippen molar-refractivity contribution in [2.75, 3.05) is 39.3 Å². The Balaban J connectivity index is 0.849. The number of aromatic nitrogens is 3. The molecule has 4 heterocycles. The van der Waals surface area contributed by atoms with Gasteiger partial charge in [0.15, 0.2) is 0 Å². The highest BCUT2D eigenvalue weighted by Crippen LogP contribution is 2.56. The van der Waals surface area contributed by atoms with E-state index in [2.05, 4.69) is 20.1 Å². The standard InChI is InChI=1S/C27H32F4N6O/c28-21-9-20(27(29,30)31)4-3-18(21)12-35-7-5-25(6-8-35)13-36(14-25)24(38)37-15-26(16-37)10-19(11-26)23-32-22(33-34-23)17-1-2-17/h3-4,9,17,19H,1-2,5-8,10-16H2,(H,32,33,34). The van der Waals surface area contributed by atoms with Crippen molar-refractivity contribution in [3.8, 4) is 0 Å². The number of halogens is 4. The van der Waals surface area contributed by atoms with Gasteiger partial charge in [0.1, 0.15) is 17.5 Å². The van der Waals surface area contributed by atoms with Crippen molar-refractivity contribution in [1.29, 1.82) is 0 Å². The lowest BCUT2D eigenvalue weighted by Gasteiger charge is -2.61. The van der Waals surface area contributed by atoms with E-state index in [0.29, 0.717) is 24.4 Å². The van der Waals surface area contributed by atoms with Crippen molar-refractivity contribution in [2.45, 2.75) is 63.1 Å². The monoisotopic (exact) mass is 532 g/mol. The third-order valence-electron chi connectivity index (χ3n) is 9.57. The normalized spacial score (nSPS) is 24.8. The highest BCUT2D eigenvalue weighted by molar-refractivity contribution is 5.76. The maximum atomic E-state index is 14.3. The lowest BCUT2D eigenvalue weighted by Crippen LogP contribution is -2.70. The first-order valence-corrected chi connectivity index (χ1v) is 13.6. The molecule has 204 valence electrons. The zero-order valence-electron chi connectivity index (χ0n) is 21.2. The lowest BCUT2D eigenvalue weighted by molar-refractivity contribution is -0.137. The molecular formula is C27H32F4N6O. The van der Waals surface area contributed by atoms with E-state index < -0.39 is 17.6 Å². The van der Waals surface area contributed by atoms with Gasteiger partial charge in [0.2, 0.25) is 0 Å². The molecule has 2 saturated carbocycles. The van der Waals surface area contributed by atoms with Crippen LogP contribution >= 0.6 is 0 Å². The number of carbonyl (C=O) groups is 1. The molecule has 5 aliphatic rings. The van der Waals surface area contributed by atoms with Crippen molar-refractivity contribution in [1.82, 2.24) is 29.9 Å². The summed E-state index contributed by atoms with van der Waals surface area (Å²) in [4.78, 5) is 22.5. The molecule has 1 aromatic heterocycles. The first kappa shape index (κ1) is 24.4. The summed E-state index contributed by atoms with van der Waals surface area (Å²) in [5.74, 6) is 2.25. The average molecular weight is 533 g/mol. The van der Waals surface area contributed by atoms with Crippen molar-refractivity contribution in [2.24, 2.45) is 10.8 Å². The molecule has 3 aliphatic heterocycles. The molecule has 1 aromatic carbocycles. The fraction of sp³-hybridized carbons (Fsp3) is 0.667. The van der Waals surface area contributed by atoms with Crippen LogP contribution < -0.4 is 0 Å². The Labute approximate surface area is 218 Å². The number of benzene rings is 1. The maximum Gasteiger partial charge on any atom is 0.416 e. The predicted molar refractivity (Wildman–Crippen MR) is 130 cm³/mol. The summed E-state index contributed by atoms with van der Waals surface area (Å²) in [6.07, 6.45) is 1.82. The Hall–Kier alpha value is -2.69. The molecule has 5 fully saturated rings. The highest BCUT2D eigenvalue weighted by atomic mass is 19.4. The second-order valence-corrected chi connectivity index (χ2v) is 12.5. The zero-order valence-corrected chi connectivity index (χ0v) is 21.2. The first-order valence-electron chi connectivity index (χ1n) is 13.6.